The van der Waals surface area contributed by atoms with Crippen molar-refractivity contribution in [1.29, 1.82) is 0 Å². The number of fused-ring (bicyclic) bond motifs is 1. The van der Waals surface area contributed by atoms with Crippen LogP contribution in [0.2, 0.25) is 10.0 Å². The second-order valence-corrected chi connectivity index (χ2v) is 6.15. The highest BCUT2D eigenvalue weighted by Gasteiger charge is 2.29. The van der Waals surface area contributed by atoms with Gasteiger partial charge in [-0.2, -0.15) is 0 Å². The maximum Gasteiger partial charge on any atom is 0.317 e. The Morgan fingerprint density at radius 1 is 1.41 bits per heavy atom. The standard InChI is InChI=1S/C15H18Cl2N2O3/c1-9-14-10(7-11(16)8-12(14)17)4-6-19(9)15(22)18-5-2-3-13(20)21/h7-9H,2-6H2,1H3,(H,18,22)(H,20,21). The van der Waals surface area contributed by atoms with Crippen LogP contribution in [-0.2, 0) is 11.2 Å². The van der Waals surface area contributed by atoms with E-state index < -0.39 is 5.97 Å². The lowest BCUT2D eigenvalue weighted by atomic mass is 9.93. The van der Waals surface area contributed by atoms with E-state index in [0.717, 1.165) is 11.1 Å². The van der Waals surface area contributed by atoms with E-state index in [1.807, 2.05) is 13.0 Å². The molecule has 0 aromatic heterocycles. The zero-order valence-corrected chi connectivity index (χ0v) is 13.7. The Balaban J connectivity index is 2.02. The summed E-state index contributed by atoms with van der Waals surface area (Å²) in [5.74, 6) is -0.863. The first-order valence-corrected chi connectivity index (χ1v) is 7.90. The predicted octanol–water partition coefficient (Wildman–Crippen LogP) is 3.49. The van der Waals surface area contributed by atoms with Gasteiger partial charge < -0.3 is 15.3 Å². The van der Waals surface area contributed by atoms with E-state index in [1.165, 1.54) is 0 Å². The van der Waals surface area contributed by atoms with E-state index in [9.17, 15) is 9.59 Å². The molecule has 0 saturated heterocycles. The van der Waals surface area contributed by atoms with Gasteiger partial charge in [-0.3, -0.25) is 4.79 Å². The maximum atomic E-state index is 12.2. The normalized spacial score (nSPS) is 17.0. The molecule has 120 valence electrons. The summed E-state index contributed by atoms with van der Waals surface area (Å²) in [6.45, 7) is 2.85. The van der Waals surface area contributed by atoms with Crippen molar-refractivity contribution in [2.24, 2.45) is 0 Å². The van der Waals surface area contributed by atoms with Gasteiger partial charge in [-0.25, -0.2) is 4.79 Å². The van der Waals surface area contributed by atoms with Gasteiger partial charge in [0.15, 0.2) is 0 Å². The van der Waals surface area contributed by atoms with Crippen LogP contribution in [0.5, 0.6) is 0 Å². The Bertz CT molecular complexity index is 592. The number of carboxylic acid groups (broad SMARTS) is 1. The summed E-state index contributed by atoms with van der Waals surface area (Å²) < 4.78 is 0. The molecule has 0 saturated carbocycles. The van der Waals surface area contributed by atoms with Crippen LogP contribution in [0.4, 0.5) is 4.79 Å². The van der Waals surface area contributed by atoms with Gasteiger partial charge in [-0.1, -0.05) is 23.2 Å². The van der Waals surface area contributed by atoms with Crippen LogP contribution in [0.15, 0.2) is 12.1 Å². The number of urea groups is 1. The zero-order chi connectivity index (χ0) is 16.3. The van der Waals surface area contributed by atoms with Gasteiger partial charge in [-0.05, 0) is 43.0 Å². The first-order chi connectivity index (χ1) is 10.4. The molecule has 1 aromatic rings. The highest BCUT2D eigenvalue weighted by molar-refractivity contribution is 6.35. The smallest absolute Gasteiger partial charge is 0.317 e. The van der Waals surface area contributed by atoms with E-state index in [1.54, 1.807) is 11.0 Å². The largest absolute Gasteiger partial charge is 0.481 e. The number of hydrogen-bond acceptors (Lipinski definition) is 2. The monoisotopic (exact) mass is 344 g/mol. The molecule has 0 bridgehead atoms. The molecule has 2 rings (SSSR count). The molecule has 2 amide bonds. The van der Waals surface area contributed by atoms with E-state index in [4.69, 9.17) is 28.3 Å². The van der Waals surface area contributed by atoms with Crippen molar-refractivity contribution >= 4 is 35.2 Å². The van der Waals surface area contributed by atoms with Crippen LogP contribution < -0.4 is 5.32 Å². The van der Waals surface area contributed by atoms with E-state index in [0.29, 0.717) is 36.0 Å². The van der Waals surface area contributed by atoms with Gasteiger partial charge in [0.25, 0.3) is 0 Å². The average Bonchev–Trinajstić information content (AvgIpc) is 2.42. The van der Waals surface area contributed by atoms with Crippen molar-refractivity contribution in [2.45, 2.75) is 32.2 Å². The number of nitrogens with one attached hydrogen (secondary N) is 1. The Labute approximate surface area is 139 Å². The Morgan fingerprint density at radius 2 is 2.14 bits per heavy atom. The van der Waals surface area contributed by atoms with Gasteiger partial charge in [0.2, 0.25) is 0 Å². The second kappa shape index (κ2) is 7.20. The number of carbonyl (C=O) groups excluding carboxylic acids is 1. The molecule has 1 unspecified atom stereocenters. The van der Waals surface area contributed by atoms with Crippen LogP contribution in [0.25, 0.3) is 0 Å². The van der Waals surface area contributed by atoms with E-state index >= 15 is 0 Å². The lowest BCUT2D eigenvalue weighted by Crippen LogP contribution is -2.45. The highest BCUT2D eigenvalue weighted by Crippen LogP contribution is 2.36. The first-order valence-electron chi connectivity index (χ1n) is 7.14. The Hall–Kier alpha value is -1.46. The molecule has 2 N–H and O–H groups in total. The second-order valence-electron chi connectivity index (χ2n) is 5.31. The minimum Gasteiger partial charge on any atom is -0.481 e. The summed E-state index contributed by atoms with van der Waals surface area (Å²) in [4.78, 5) is 24.4. The van der Waals surface area contributed by atoms with Gasteiger partial charge in [0.1, 0.15) is 0 Å². The fourth-order valence-corrected chi connectivity index (χ4v) is 3.41. The SMILES string of the molecule is CC1c2c(Cl)cc(Cl)cc2CCN1C(=O)NCCCC(=O)O. The third kappa shape index (κ3) is 3.84. The average molecular weight is 345 g/mol. The van der Waals surface area contributed by atoms with Crippen molar-refractivity contribution in [3.8, 4) is 0 Å². The lowest BCUT2D eigenvalue weighted by Gasteiger charge is -2.36. The van der Waals surface area contributed by atoms with Gasteiger partial charge >= 0.3 is 12.0 Å². The topological polar surface area (TPSA) is 69.6 Å². The molecule has 1 heterocycles. The van der Waals surface area contributed by atoms with Crippen LogP contribution in [-0.4, -0.2) is 35.1 Å². The van der Waals surface area contributed by atoms with Crippen LogP contribution >= 0.6 is 23.2 Å². The molecule has 0 radical (unpaired) electrons. The summed E-state index contributed by atoms with van der Waals surface area (Å²) in [7, 11) is 0. The molecule has 0 fully saturated rings. The molecular weight excluding hydrogens is 327 g/mol. The third-order valence-corrected chi connectivity index (χ3v) is 4.32. The van der Waals surface area contributed by atoms with Crippen molar-refractivity contribution in [3.05, 3.63) is 33.3 Å². The lowest BCUT2D eigenvalue weighted by molar-refractivity contribution is -0.137. The number of nitrogens with zero attached hydrogens (tertiary/aromatic N) is 1. The number of amides is 2. The van der Waals surface area contributed by atoms with Crippen molar-refractivity contribution < 1.29 is 14.7 Å². The van der Waals surface area contributed by atoms with Gasteiger partial charge in [0.05, 0.1) is 6.04 Å². The molecule has 0 spiro atoms. The van der Waals surface area contributed by atoms with Gasteiger partial charge in [0, 0.05) is 29.6 Å². The molecular formula is C15H18Cl2N2O3. The molecule has 0 aliphatic carbocycles. The number of hydrogen-bond donors (Lipinski definition) is 2. The number of carbonyl (C=O) groups is 2. The van der Waals surface area contributed by atoms with Crippen molar-refractivity contribution in [3.63, 3.8) is 0 Å². The Kier molecular flexibility index (Phi) is 5.53. The molecule has 1 aliphatic rings. The zero-order valence-electron chi connectivity index (χ0n) is 12.2. The van der Waals surface area contributed by atoms with Crippen molar-refractivity contribution in [1.82, 2.24) is 10.2 Å². The minimum atomic E-state index is -0.863. The summed E-state index contributed by atoms with van der Waals surface area (Å²) >= 11 is 12.3. The van der Waals surface area contributed by atoms with Crippen molar-refractivity contribution in [2.75, 3.05) is 13.1 Å². The molecule has 5 nitrogen and oxygen atoms in total. The summed E-state index contributed by atoms with van der Waals surface area (Å²) in [6.07, 6.45) is 1.15. The number of rotatable bonds is 4. The quantitative estimate of drug-likeness (QED) is 0.821. The molecule has 7 heteroatoms. The summed E-state index contributed by atoms with van der Waals surface area (Å²) in [5.41, 5.74) is 2.00. The fourth-order valence-electron chi connectivity index (χ4n) is 2.72. The molecule has 22 heavy (non-hydrogen) atoms. The molecule has 1 atom stereocenters. The van der Waals surface area contributed by atoms with E-state index in [2.05, 4.69) is 5.32 Å². The van der Waals surface area contributed by atoms with Crippen LogP contribution in [0.1, 0.15) is 36.9 Å². The summed E-state index contributed by atoms with van der Waals surface area (Å²) in [6, 6.07) is 3.23. The molecule has 1 aliphatic heterocycles. The van der Waals surface area contributed by atoms with Crippen LogP contribution in [0.3, 0.4) is 0 Å². The number of carboxylic acids is 1. The predicted molar refractivity (Wildman–Crippen MR) is 85.6 cm³/mol. The van der Waals surface area contributed by atoms with E-state index in [-0.39, 0.29) is 18.5 Å². The summed E-state index contributed by atoms with van der Waals surface area (Å²) in [5, 5.41) is 12.5. The first kappa shape index (κ1) is 16.9. The number of aliphatic carboxylic acids is 1. The maximum absolute atomic E-state index is 12.2. The molecule has 1 aromatic carbocycles. The number of benzene rings is 1. The highest BCUT2D eigenvalue weighted by atomic mass is 35.5. The van der Waals surface area contributed by atoms with Gasteiger partial charge in [-0.15, -0.1) is 0 Å². The minimum absolute atomic E-state index is 0.0446. The Morgan fingerprint density at radius 3 is 2.82 bits per heavy atom. The number of halogens is 2. The third-order valence-electron chi connectivity index (χ3n) is 3.79. The fraction of sp³-hybridized carbons (Fsp3) is 0.467. The van der Waals surface area contributed by atoms with Crippen LogP contribution in [0, 0.1) is 0 Å².